The summed E-state index contributed by atoms with van der Waals surface area (Å²) in [7, 11) is 1.61. The van der Waals surface area contributed by atoms with Crippen LogP contribution in [0.15, 0.2) is 28.8 Å². The summed E-state index contributed by atoms with van der Waals surface area (Å²) in [6, 6.07) is 7.54. The van der Waals surface area contributed by atoms with E-state index in [9.17, 15) is 5.11 Å². The number of hydrogen-bond donors (Lipinski definition) is 1. The highest BCUT2D eigenvalue weighted by Gasteiger charge is 2.31. The van der Waals surface area contributed by atoms with Gasteiger partial charge in [-0.3, -0.25) is 0 Å². The summed E-state index contributed by atoms with van der Waals surface area (Å²) in [5.41, 5.74) is 0.799. The molecular formula is C14H16N2O3. The van der Waals surface area contributed by atoms with Crippen LogP contribution in [0.4, 0.5) is 0 Å². The molecule has 2 aromatic rings. The highest BCUT2D eigenvalue weighted by Crippen LogP contribution is 2.35. The number of aromatic nitrogens is 2. The third-order valence-electron chi connectivity index (χ3n) is 3.59. The molecule has 1 aliphatic rings. The lowest BCUT2D eigenvalue weighted by Gasteiger charge is -2.07. The maximum atomic E-state index is 9.87. The van der Waals surface area contributed by atoms with Gasteiger partial charge in [-0.15, -0.1) is 0 Å². The molecule has 5 nitrogen and oxygen atoms in total. The van der Waals surface area contributed by atoms with Crippen LogP contribution in [0.25, 0.3) is 11.4 Å². The Labute approximate surface area is 111 Å². The summed E-state index contributed by atoms with van der Waals surface area (Å²) < 4.78 is 10.6. The Bertz CT molecular complexity index is 567. The molecule has 1 fully saturated rings. The van der Waals surface area contributed by atoms with Crippen LogP contribution in [0.3, 0.4) is 0 Å². The number of benzene rings is 1. The molecule has 19 heavy (non-hydrogen) atoms. The molecule has 1 aliphatic carbocycles. The molecule has 1 aromatic heterocycles. The van der Waals surface area contributed by atoms with Crippen LogP contribution in [0, 0.1) is 0 Å². The molecule has 1 aromatic carbocycles. The van der Waals surface area contributed by atoms with Crippen LogP contribution in [0.2, 0.25) is 0 Å². The predicted molar refractivity (Wildman–Crippen MR) is 68.9 cm³/mol. The fourth-order valence-corrected chi connectivity index (χ4v) is 2.55. The predicted octanol–water partition coefficient (Wildman–Crippen LogP) is 2.37. The lowest BCUT2D eigenvalue weighted by molar-refractivity contribution is 0.148. The molecule has 0 amide bonds. The van der Waals surface area contributed by atoms with Crippen molar-refractivity contribution in [3.05, 3.63) is 30.2 Å². The first-order chi connectivity index (χ1) is 9.29. The van der Waals surface area contributed by atoms with Crippen LogP contribution in [-0.4, -0.2) is 28.5 Å². The van der Waals surface area contributed by atoms with E-state index < -0.39 is 0 Å². The maximum Gasteiger partial charge on any atom is 0.232 e. The minimum absolute atomic E-state index is 0.0315. The zero-order valence-corrected chi connectivity index (χ0v) is 10.7. The van der Waals surface area contributed by atoms with Gasteiger partial charge in [0.15, 0.2) is 0 Å². The second-order valence-electron chi connectivity index (χ2n) is 4.76. The summed E-state index contributed by atoms with van der Waals surface area (Å²) >= 11 is 0. The van der Waals surface area contributed by atoms with Gasteiger partial charge >= 0.3 is 0 Å². The number of para-hydroxylation sites is 1. The SMILES string of the molecule is COc1ccccc1-c1noc(C2CCCC2O)n1. The van der Waals surface area contributed by atoms with Crippen LogP contribution in [-0.2, 0) is 0 Å². The Kier molecular flexibility index (Phi) is 3.21. The fourth-order valence-electron chi connectivity index (χ4n) is 2.55. The first-order valence-corrected chi connectivity index (χ1v) is 6.44. The van der Waals surface area contributed by atoms with Crippen LogP contribution in [0.1, 0.15) is 31.1 Å². The second kappa shape index (κ2) is 5.01. The van der Waals surface area contributed by atoms with E-state index in [1.165, 1.54) is 0 Å². The number of methoxy groups -OCH3 is 1. The summed E-state index contributed by atoms with van der Waals surface area (Å²) in [6.45, 7) is 0. The van der Waals surface area contributed by atoms with Crippen molar-refractivity contribution in [2.45, 2.75) is 31.3 Å². The van der Waals surface area contributed by atoms with Gasteiger partial charge in [0.05, 0.1) is 24.7 Å². The standard InChI is InChI=1S/C14H16N2O3/c1-18-12-8-3-2-5-10(12)13-15-14(19-16-13)9-6-4-7-11(9)17/h2-3,5,8-9,11,17H,4,6-7H2,1H3. The van der Waals surface area contributed by atoms with Gasteiger partial charge in [0.25, 0.3) is 0 Å². The Morgan fingerprint density at radius 1 is 1.32 bits per heavy atom. The van der Waals surface area contributed by atoms with Crippen molar-refractivity contribution in [2.75, 3.05) is 7.11 Å². The van der Waals surface area contributed by atoms with E-state index in [4.69, 9.17) is 9.26 Å². The summed E-state index contributed by atoms with van der Waals surface area (Å²) in [5.74, 6) is 1.70. The first kappa shape index (κ1) is 12.2. The number of ether oxygens (including phenoxy) is 1. The topological polar surface area (TPSA) is 68.4 Å². The van der Waals surface area contributed by atoms with Gasteiger partial charge in [-0.1, -0.05) is 17.3 Å². The van der Waals surface area contributed by atoms with Gasteiger partial charge in [0.2, 0.25) is 11.7 Å². The third-order valence-corrected chi connectivity index (χ3v) is 3.59. The van der Waals surface area contributed by atoms with Crippen molar-refractivity contribution in [1.82, 2.24) is 10.1 Å². The highest BCUT2D eigenvalue weighted by atomic mass is 16.5. The van der Waals surface area contributed by atoms with Crippen LogP contribution in [0.5, 0.6) is 5.75 Å². The zero-order chi connectivity index (χ0) is 13.2. The van der Waals surface area contributed by atoms with E-state index in [2.05, 4.69) is 10.1 Å². The third kappa shape index (κ3) is 2.21. The molecule has 5 heteroatoms. The molecule has 0 bridgehead atoms. The molecule has 0 radical (unpaired) electrons. The van der Waals surface area contributed by atoms with Crippen molar-refractivity contribution in [1.29, 1.82) is 0 Å². The van der Waals surface area contributed by atoms with Crippen molar-refractivity contribution in [3.63, 3.8) is 0 Å². The number of nitrogens with zero attached hydrogens (tertiary/aromatic N) is 2. The number of aliphatic hydroxyl groups is 1. The number of aliphatic hydroxyl groups excluding tert-OH is 1. The average Bonchev–Trinajstić information content (AvgIpc) is 3.07. The monoisotopic (exact) mass is 260 g/mol. The first-order valence-electron chi connectivity index (χ1n) is 6.44. The molecule has 0 saturated heterocycles. The Morgan fingerprint density at radius 3 is 2.89 bits per heavy atom. The molecule has 1 heterocycles. The van der Waals surface area contributed by atoms with E-state index in [1.54, 1.807) is 7.11 Å². The summed E-state index contributed by atoms with van der Waals surface area (Å²) in [5, 5.41) is 13.9. The van der Waals surface area contributed by atoms with Gasteiger partial charge in [0.1, 0.15) is 5.75 Å². The van der Waals surface area contributed by atoms with E-state index >= 15 is 0 Å². The molecule has 100 valence electrons. The molecule has 0 spiro atoms. The van der Waals surface area contributed by atoms with Crippen LogP contribution < -0.4 is 4.74 Å². The lowest BCUT2D eigenvalue weighted by Crippen LogP contribution is -2.11. The Morgan fingerprint density at radius 2 is 2.16 bits per heavy atom. The summed E-state index contributed by atoms with van der Waals surface area (Å²) in [6.07, 6.45) is 2.33. The maximum absolute atomic E-state index is 9.87. The fraction of sp³-hybridized carbons (Fsp3) is 0.429. The van der Waals surface area contributed by atoms with Gasteiger partial charge in [0, 0.05) is 0 Å². The molecular weight excluding hydrogens is 244 g/mol. The van der Waals surface area contributed by atoms with Crippen molar-refractivity contribution < 1.29 is 14.4 Å². The van der Waals surface area contributed by atoms with Crippen molar-refractivity contribution in [3.8, 4) is 17.1 Å². The smallest absolute Gasteiger partial charge is 0.232 e. The molecule has 1 N–H and O–H groups in total. The Balaban J connectivity index is 1.92. The minimum Gasteiger partial charge on any atom is -0.496 e. The average molecular weight is 260 g/mol. The van der Waals surface area contributed by atoms with E-state index in [0.717, 1.165) is 24.8 Å². The minimum atomic E-state index is -0.369. The Hall–Kier alpha value is -1.88. The molecule has 2 atom stereocenters. The largest absolute Gasteiger partial charge is 0.496 e. The number of hydrogen-bond acceptors (Lipinski definition) is 5. The van der Waals surface area contributed by atoms with E-state index in [0.29, 0.717) is 17.5 Å². The van der Waals surface area contributed by atoms with Crippen molar-refractivity contribution in [2.24, 2.45) is 0 Å². The zero-order valence-electron chi connectivity index (χ0n) is 10.7. The molecule has 0 aliphatic heterocycles. The highest BCUT2D eigenvalue weighted by molar-refractivity contribution is 5.63. The normalized spacial score (nSPS) is 22.6. The molecule has 2 unspecified atom stereocenters. The lowest BCUT2D eigenvalue weighted by atomic mass is 10.1. The molecule has 1 saturated carbocycles. The van der Waals surface area contributed by atoms with Gasteiger partial charge in [-0.25, -0.2) is 0 Å². The van der Waals surface area contributed by atoms with Gasteiger partial charge in [-0.2, -0.15) is 4.98 Å². The van der Waals surface area contributed by atoms with Gasteiger partial charge < -0.3 is 14.4 Å². The van der Waals surface area contributed by atoms with E-state index in [1.807, 2.05) is 24.3 Å². The van der Waals surface area contributed by atoms with Crippen molar-refractivity contribution >= 4 is 0 Å². The number of rotatable bonds is 3. The molecule has 3 rings (SSSR count). The van der Waals surface area contributed by atoms with Crippen LogP contribution >= 0.6 is 0 Å². The van der Waals surface area contributed by atoms with E-state index in [-0.39, 0.29) is 12.0 Å². The summed E-state index contributed by atoms with van der Waals surface area (Å²) in [4.78, 5) is 4.40. The van der Waals surface area contributed by atoms with Gasteiger partial charge in [-0.05, 0) is 31.4 Å². The quantitative estimate of drug-likeness (QED) is 0.917. The second-order valence-corrected chi connectivity index (χ2v) is 4.76.